The number of hydrogen-bond donors (Lipinski definition) is 3. The quantitative estimate of drug-likeness (QED) is 0.670. The molecule has 0 aliphatic heterocycles. The second-order valence-electron chi connectivity index (χ2n) is 2.49. The fourth-order valence-electron chi connectivity index (χ4n) is 0.957. The molecule has 1 atom stereocenters. The molecule has 0 aliphatic carbocycles. The number of carbonyl (C=O) groups is 1. The number of benzene rings is 1. The van der Waals surface area contributed by atoms with Crippen molar-refractivity contribution in [3.05, 3.63) is 28.8 Å². The van der Waals surface area contributed by atoms with E-state index in [0.717, 1.165) is 0 Å². The van der Waals surface area contributed by atoms with E-state index in [1.165, 1.54) is 18.2 Å². The van der Waals surface area contributed by atoms with Crippen LogP contribution in [0.3, 0.4) is 0 Å². The van der Waals surface area contributed by atoms with Gasteiger partial charge in [0.15, 0.2) is 0 Å². The first kappa shape index (κ1) is 9.83. The molecule has 4 nitrogen and oxygen atoms in total. The second kappa shape index (κ2) is 3.64. The van der Waals surface area contributed by atoms with E-state index in [1.54, 1.807) is 0 Å². The third-order valence-electron chi connectivity index (χ3n) is 1.61. The van der Waals surface area contributed by atoms with Crippen molar-refractivity contribution < 1.29 is 15.0 Å². The lowest BCUT2D eigenvalue weighted by atomic mass is 10.1. The predicted molar refractivity (Wildman–Crippen MR) is 47.7 cm³/mol. The fraction of sp³-hybridized carbons (Fsp3) is 0.125. The van der Waals surface area contributed by atoms with Crippen molar-refractivity contribution >= 4 is 17.6 Å². The van der Waals surface area contributed by atoms with E-state index in [2.05, 4.69) is 0 Å². The highest BCUT2D eigenvalue weighted by atomic mass is 35.5. The van der Waals surface area contributed by atoms with Gasteiger partial charge in [0.2, 0.25) is 0 Å². The molecule has 1 aromatic rings. The first-order valence-corrected chi connectivity index (χ1v) is 3.87. The van der Waals surface area contributed by atoms with Gasteiger partial charge in [0.25, 0.3) is 0 Å². The molecule has 5 heteroatoms. The minimum Gasteiger partial charge on any atom is -0.508 e. The number of nitrogens with two attached hydrogens (primary N) is 1. The van der Waals surface area contributed by atoms with Crippen LogP contribution in [0.1, 0.15) is 11.6 Å². The van der Waals surface area contributed by atoms with Crippen molar-refractivity contribution in [2.75, 3.05) is 0 Å². The molecule has 0 unspecified atom stereocenters. The average Bonchev–Trinajstić information content (AvgIpc) is 2.03. The van der Waals surface area contributed by atoms with Gasteiger partial charge in [-0.3, -0.25) is 4.79 Å². The number of phenols is 1. The third-order valence-corrected chi connectivity index (χ3v) is 1.94. The van der Waals surface area contributed by atoms with Crippen LogP contribution in [0.25, 0.3) is 0 Å². The van der Waals surface area contributed by atoms with Crippen LogP contribution >= 0.6 is 11.6 Å². The van der Waals surface area contributed by atoms with Crippen LogP contribution in [-0.4, -0.2) is 16.2 Å². The highest BCUT2D eigenvalue weighted by Gasteiger charge is 2.20. The van der Waals surface area contributed by atoms with Gasteiger partial charge >= 0.3 is 5.97 Å². The molecular weight excluding hydrogens is 194 g/mol. The topological polar surface area (TPSA) is 83.6 Å². The van der Waals surface area contributed by atoms with E-state index in [0.29, 0.717) is 0 Å². The van der Waals surface area contributed by atoms with Crippen LogP contribution in [0.15, 0.2) is 18.2 Å². The van der Waals surface area contributed by atoms with Gasteiger partial charge in [-0.1, -0.05) is 17.7 Å². The van der Waals surface area contributed by atoms with Crippen LogP contribution < -0.4 is 5.73 Å². The van der Waals surface area contributed by atoms with Gasteiger partial charge < -0.3 is 15.9 Å². The van der Waals surface area contributed by atoms with Crippen LogP contribution in [-0.2, 0) is 4.79 Å². The molecule has 0 bridgehead atoms. The lowest BCUT2D eigenvalue weighted by Crippen LogP contribution is -2.21. The zero-order chi connectivity index (χ0) is 10.0. The van der Waals surface area contributed by atoms with E-state index in [4.69, 9.17) is 22.4 Å². The summed E-state index contributed by atoms with van der Waals surface area (Å²) in [5, 5.41) is 18.0. The summed E-state index contributed by atoms with van der Waals surface area (Å²) in [6, 6.07) is 3.02. The van der Waals surface area contributed by atoms with Crippen LogP contribution in [0, 0.1) is 0 Å². The Bertz CT molecular complexity index is 320. The molecule has 4 N–H and O–H groups in total. The molecule has 13 heavy (non-hydrogen) atoms. The molecule has 0 radical (unpaired) electrons. The zero-order valence-electron chi connectivity index (χ0n) is 6.57. The summed E-state index contributed by atoms with van der Waals surface area (Å²) in [7, 11) is 0. The lowest BCUT2D eigenvalue weighted by Gasteiger charge is -2.10. The molecule has 0 heterocycles. The maximum absolute atomic E-state index is 10.5. The fourth-order valence-corrected chi connectivity index (χ4v) is 1.24. The summed E-state index contributed by atoms with van der Waals surface area (Å²) in [5.74, 6) is -1.44. The molecule has 1 aromatic carbocycles. The standard InChI is InChI=1S/C8H8ClNO3/c9-4-2-1-3-5(11)6(4)7(10)8(12)13/h1-3,7,11H,10H2,(H,12,13)/t7-/m0/s1. The van der Waals surface area contributed by atoms with E-state index < -0.39 is 12.0 Å². The highest BCUT2D eigenvalue weighted by Crippen LogP contribution is 2.29. The number of hydrogen-bond acceptors (Lipinski definition) is 3. The number of carboxylic acids is 1. The average molecular weight is 202 g/mol. The van der Waals surface area contributed by atoms with Gasteiger partial charge in [0.05, 0.1) is 0 Å². The maximum Gasteiger partial charge on any atom is 0.325 e. The molecule has 0 aromatic heterocycles. The van der Waals surface area contributed by atoms with E-state index >= 15 is 0 Å². The summed E-state index contributed by atoms with van der Waals surface area (Å²) < 4.78 is 0. The van der Waals surface area contributed by atoms with E-state index in [9.17, 15) is 9.90 Å². The molecule has 0 fully saturated rings. The number of halogens is 1. The summed E-state index contributed by atoms with van der Waals surface area (Å²) in [4.78, 5) is 10.5. The number of phenolic OH excluding ortho intramolecular Hbond substituents is 1. The minimum absolute atomic E-state index is 0.0386. The van der Waals surface area contributed by atoms with E-state index in [-0.39, 0.29) is 16.3 Å². The summed E-state index contributed by atoms with van der Waals surface area (Å²) >= 11 is 5.67. The van der Waals surface area contributed by atoms with Gasteiger partial charge in [-0.15, -0.1) is 0 Å². The molecular formula is C8H8ClNO3. The predicted octanol–water partition coefficient (Wildman–Crippen LogP) is 1.13. The smallest absolute Gasteiger partial charge is 0.325 e. The molecule has 0 aliphatic rings. The normalized spacial score (nSPS) is 12.5. The minimum atomic E-state index is -1.30. The Morgan fingerprint density at radius 2 is 2.15 bits per heavy atom. The van der Waals surface area contributed by atoms with E-state index in [1.807, 2.05) is 0 Å². The van der Waals surface area contributed by atoms with Crippen molar-refractivity contribution in [2.45, 2.75) is 6.04 Å². The second-order valence-corrected chi connectivity index (χ2v) is 2.90. The first-order chi connectivity index (χ1) is 6.04. The number of aromatic hydroxyl groups is 1. The van der Waals surface area contributed by atoms with Gasteiger partial charge in [-0.2, -0.15) is 0 Å². The van der Waals surface area contributed by atoms with Crippen molar-refractivity contribution in [1.29, 1.82) is 0 Å². The van der Waals surface area contributed by atoms with Crippen molar-refractivity contribution in [2.24, 2.45) is 5.73 Å². The Morgan fingerprint density at radius 3 is 2.62 bits per heavy atom. The van der Waals surface area contributed by atoms with Crippen molar-refractivity contribution in [3.8, 4) is 5.75 Å². The van der Waals surface area contributed by atoms with Crippen molar-refractivity contribution in [3.63, 3.8) is 0 Å². The molecule has 1 rings (SSSR count). The molecule has 0 spiro atoms. The Morgan fingerprint density at radius 1 is 1.54 bits per heavy atom. The van der Waals surface area contributed by atoms with Crippen molar-refractivity contribution in [1.82, 2.24) is 0 Å². The third kappa shape index (κ3) is 1.91. The van der Waals surface area contributed by atoms with Gasteiger partial charge in [-0.25, -0.2) is 0 Å². The monoisotopic (exact) mass is 201 g/mol. The van der Waals surface area contributed by atoms with Gasteiger partial charge in [-0.05, 0) is 12.1 Å². The molecule has 70 valence electrons. The largest absolute Gasteiger partial charge is 0.508 e. The summed E-state index contributed by atoms with van der Waals surface area (Å²) in [5.41, 5.74) is 5.33. The lowest BCUT2D eigenvalue weighted by molar-refractivity contribution is -0.138. The first-order valence-electron chi connectivity index (χ1n) is 3.50. The number of carboxylic acid groups (broad SMARTS) is 1. The maximum atomic E-state index is 10.5. The Labute approximate surface area is 79.6 Å². The van der Waals surface area contributed by atoms with Crippen LogP contribution in [0.2, 0.25) is 5.02 Å². The summed E-state index contributed by atoms with van der Waals surface area (Å²) in [6.45, 7) is 0. The molecule has 0 saturated heterocycles. The SMILES string of the molecule is N[C@H](C(=O)O)c1c(O)cccc1Cl. The number of aliphatic carboxylic acids is 1. The van der Waals surface area contributed by atoms with Gasteiger partial charge in [0, 0.05) is 10.6 Å². The zero-order valence-corrected chi connectivity index (χ0v) is 7.32. The Hall–Kier alpha value is -1.26. The Balaban J connectivity index is 3.20. The van der Waals surface area contributed by atoms with Crippen LogP contribution in [0.5, 0.6) is 5.75 Å². The van der Waals surface area contributed by atoms with Gasteiger partial charge in [0.1, 0.15) is 11.8 Å². The molecule has 0 saturated carbocycles. The molecule has 0 amide bonds. The number of rotatable bonds is 2. The van der Waals surface area contributed by atoms with Crippen LogP contribution in [0.4, 0.5) is 0 Å². The highest BCUT2D eigenvalue weighted by molar-refractivity contribution is 6.31. The Kier molecular flexibility index (Phi) is 2.75. The summed E-state index contributed by atoms with van der Waals surface area (Å²) in [6.07, 6.45) is 0.